The van der Waals surface area contributed by atoms with Crippen LogP contribution in [-0.2, 0) is 6.42 Å². The molecule has 78 valence electrons. The number of ether oxygens (including phenoxy) is 1. The summed E-state index contributed by atoms with van der Waals surface area (Å²) in [5, 5.41) is 13.1. The van der Waals surface area contributed by atoms with Crippen LogP contribution in [-0.4, -0.2) is 27.9 Å². The lowest BCUT2D eigenvalue weighted by Crippen LogP contribution is -2.05. The van der Waals surface area contributed by atoms with Crippen molar-refractivity contribution in [1.82, 2.24) is 10.2 Å². The van der Waals surface area contributed by atoms with Gasteiger partial charge in [-0.1, -0.05) is 0 Å². The molecule has 0 radical (unpaired) electrons. The van der Waals surface area contributed by atoms with Gasteiger partial charge >= 0.3 is 6.16 Å². The van der Waals surface area contributed by atoms with Crippen molar-refractivity contribution >= 4 is 6.16 Å². The van der Waals surface area contributed by atoms with Crippen molar-refractivity contribution < 1.29 is 27.8 Å². The number of hydrogen-bond donors (Lipinski definition) is 2. The highest BCUT2D eigenvalue weighted by Gasteiger charge is 2.19. The Balaban J connectivity index is 2.79. The van der Waals surface area contributed by atoms with Crippen LogP contribution in [0, 0.1) is 5.82 Å². The molecule has 1 rings (SSSR count). The fourth-order valence-electron chi connectivity index (χ4n) is 0.785. The van der Waals surface area contributed by atoms with E-state index in [0.717, 1.165) is 0 Å². The highest BCUT2D eigenvalue weighted by Crippen LogP contribution is 2.18. The minimum Gasteiger partial charge on any atom is -0.449 e. The van der Waals surface area contributed by atoms with Gasteiger partial charge in [-0.3, -0.25) is 5.10 Å². The minimum absolute atomic E-state index is 0.490. The molecule has 0 aliphatic carbocycles. The second-order valence-electron chi connectivity index (χ2n) is 2.28. The number of rotatable bonds is 3. The molecule has 1 heterocycles. The van der Waals surface area contributed by atoms with Crippen LogP contribution in [0.4, 0.5) is 18.0 Å². The quantitative estimate of drug-likeness (QED) is 0.739. The van der Waals surface area contributed by atoms with Crippen LogP contribution in [0.25, 0.3) is 0 Å². The molecule has 0 aliphatic rings. The largest absolute Gasteiger partial charge is 0.512 e. The zero-order chi connectivity index (χ0) is 10.7. The van der Waals surface area contributed by atoms with Gasteiger partial charge in [0.1, 0.15) is 0 Å². The molecule has 0 saturated heterocycles. The minimum atomic E-state index is -2.75. The van der Waals surface area contributed by atoms with E-state index in [-0.39, 0.29) is 0 Å². The molecule has 0 atom stereocenters. The lowest BCUT2D eigenvalue weighted by molar-refractivity contribution is 0.140. The van der Waals surface area contributed by atoms with E-state index < -0.39 is 36.4 Å². The summed E-state index contributed by atoms with van der Waals surface area (Å²) < 4.78 is 40.4. The van der Waals surface area contributed by atoms with Crippen molar-refractivity contribution in [2.24, 2.45) is 0 Å². The van der Waals surface area contributed by atoms with Crippen molar-refractivity contribution in [3.63, 3.8) is 0 Å². The average molecular weight is 210 g/mol. The molecule has 0 aliphatic heterocycles. The van der Waals surface area contributed by atoms with Gasteiger partial charge in [0.15, 0.2) is 0 Å². The molecule has 5 nitrogen and oxygen atoms in total. The summed E-state index contributed by atoms with van der Waals surface area (Å²) in [6, 6.07) is 0. The summed E-state index contributed by atoms with van der Waals surface area (Å²) in [5.41, 5.74) is -0.490. The van der Waals surface area contributed by atoms with Gasteiger partial charge in [0.2, 0.25) is 12.2 Å². The van der Waals surface area contributed by atoms with Crippen LogP contribution in [0.1, 0.15) is 5.69 Å². The molecule has 0 spiro atoms. The van der Waals surface area contributed by atoms with E-state index in [4.69, 9.17) is 5.11 Å². The number of nitrogens with zero attached hydrogens (tertiary/aromatic N) is 1. The first-order valence-electron chi connectivity index (χ1n) is 3.42. The van der Waals surface area contributed by atoms with Crippen molar-refractivity contribution in [1.29, 1.82) is 0 Å². The zero-order valence-corrected chi connectivity index (χ0v) is 6.63. The maximum Gasteiger partial charge on any atom is 0.512 e. The summed E-state index contributed by atoms with van der Waals surface area (Å²) in [7, 11) is 0. The van der Waals surface area contributed by atoms with Crippen molar-refractivity contribution in [3.8, 4) is 5.88 Å². The zero-order valence-electron chi connectivity index (χ0n) is 6.63. The molecular formula is C6H5F3N2O3. The third-order valence-electron chi connectivity index (χ3n) is 1.29. The lowest BCUT2D eigenvalue weighted by atomic mass is 10.3. The van der Waals surface area contributed by atoms with E-state index in [0.29, 0.717) is 0 Å². The summed E-state index contributed by atoms with van der Waals surface area (Å²) in [5.74, 6) is -2.07. The van der Waals surface area contributed by atoms with Crippen LogP contribution in [0.2, 0.25) is 0 Å². The van der Waals surface area contributed by atoms with E-state index in [1.54, 1.807) is 0 Å². The molecule has 2 N–H and O–H groups in total. The van der Waals surface area contributed by atoms with Gasteiger partial charge in [-0.15, -0.1) is 5.10 Å². The molecule has 1 aromatic rings. The number of carboxylic acid groups (broad SMARTS) is 1. The summed E-state index contributed by atoms with van der Waals surface area (Å²) in [6.07, 6.45) is -5.39. The topological polar surface area (TPSA) is 75.2 Å². The molecule has 0 aromatic carbocycles. The predicted molar refractivity (Wildman–Crippen MR) is 36.9 cm³/mol. The molecule has 0 fully saturated rings. The maximum atomic E-state index is 12.9. The fraction of sp³-hybridized carbons (Fsp3) is 0.333. The highest BCUT2D eigenvalue weighted by molar-refractivity contribution is 5.60. The SMILES string of the molecule is O=C(O)Oc1n[nH]c(CC(F)F)c1F. The number of H-pyrrole nitrogens is 1. The van der Waals surface area contributed by atoms with E-state index in [2.05, 4.69) is 9.84 Å². The van der Waals surface area contributed by atoms with Crippen LogP contribution < -0.4 is 4.74 Å². The molecule has 0 saturated carbocycles. The third-order valence-corrected chi connectivity index (χ3v) is 1.29. The third kappa shape index (κ3) is 2.38. The Morgan fingerprint density at radius 3 is 2.79 bits per heavy atom. The maximum absolute atomic E-state index is 12.9. The number of halogens is 3. The van der Waals surface area contributed by atoms with Gasteiger partial charge in [-0.2, -0.15) is 4.39 Å². The second kappa shape index (κ2) is 3.99. The van der Waals surface area contributed by atoms with Crippen molar-refractivity contribution in [2.75, 3.05) is 0 Å². The number of aromatic nitrogens is 2. The monoisotopic (exact) mass is 210 g/mol. The van der Waals surface area contributed by atoms with Gasteiger partial charge in [0, 0.05) is 0 Å². The summed E-state index contributed by atoms with van der Waals surface area (Å²) >= 11 is 0. The van der Waals surface area contributed by atoms with Gasteiger partial charge in [0.05, 0.1) is 12.1 Å². The van der Waals surface area contributed by atoms with E-state index in [1.165, 1.54) is 0 Å². The summed E-state index contributed by atoms with van der Waals surface area (Å²) in [6.45, 7) is 0. The molecule has 0 amide bonds. The number of nitrogens with one attached hydrogen (secondary N) is 1. The first-order chi connectivity index (χ1) is 6.50. The Hall–Kier alpha value is -1.73. The van der Waals surface area contributed by atoms with E-state index >= 15 is 0 Å². The Morgan fingerprint density at radius 2 is 2.29 bits per heavy atom. The average Bonchev–Trinajstić information content (AvgIpc) is 2.34. The standard InChI is InChI=1S/C6H5F3N2O3/c7-3(8)1-2-4(9)5(11-10-2)14-6(12)13/h3H,1H2,(H,10,11)(H,12,13). The number of hydrogen-bond acceptors (Lipinski definition) is 3. The van der Waals surface area contributed by atoms with Gasteiger partial charge in [-0.05, 0) is 0 Å². The van der Waals surface area contributed by atoms with E-state index in [9.17, 15) is 18.0 Å². The lowest BCUT2D eigenvalue weighted by Gasteiger charge is -1.95. The molecule has 14 heavy (non-hydrogen) atoms. The van der Waals surface area contributed by atoms with E-state index in [1.807, 2.05) is 5.10 Å². The Labute approximate surface area is 75.5 Å². The second-order valence-corrected chi connectivity index (χ2v) is 2.28. The van der Waals surface area contributed by atoms with Crippen LogP contribution in [0.15, 0.2) is 0 Å². The Morgan fingerprint density at radius 1 is 1.64 bits per heavy atom. The van der Waals surface area contributed by atoms with Crippen LogP contribution in [0.5, 0.6) is 5.88 Å². The molecule has 8 heteroatoms. The van der Waals surface area contributed by atoms with Gasteiger partial charge in [-0.25, -0.2) is 13.6 Å². The first-order valence-corrected chi connectivity index (χ1v) is 3.42. The van der Waals surface area contributed by atoms with Gasteiger partial charge in [0.25, 0.3) is 5.88 Å². The Bertz CT molecular complexity index is 339. The first kappa shape index (κ1) is 10.4. The smallest absolute Gasteiger partial charge is 0.449 e. The molecule has 0 unspecified atom stereocenters. The number of carbonyl (C=O) groups is 1. The highest BCUT2D eigenvalue weighted by atomic mass is 19.3. The predicted octanol–water partition coefficient (Wildman–Crippen LogP) is 1.41. The van der Waals surface area contributed by atoms with Crippen LogP contribution in [0.3, 0.4) is 0 Å². The molecular weight excluding hydrogens is 205 g/mol. The Kier molecular flexibility index (Phi) is 2.95. The van der Waals surface area contributed by atoms with Crippen LogP contribution >= 0.6 is 0 Å². The van der Waals surface area contributed by atoms with Crippen molar-refractivity contribution in [3.05, 3.63) is 11.5 Å². The fourth-order valence-corrected chi connectivity index (χ4v) is 0.785. The van der Waals surface area contributed by atoms with Crippen molar-refractivity contribution in [2.45, 2.75) is 12.8 Å². The molecule has 0 bridgehead atoms. The molecule has 1 aromatic heterocycles. The number of alkyl halides is 2. The number of aromatic amines is 1. The van der Waals surface area contributed by atoms with Gasteiger partial charge < -0.3 is 9.84 Å². The summed E-state index contributed by atoms with van der Waals surface area (Å²) in [4.78, 5) is 9.96. The normalized spacial score (nSPS) is 10.6.